The molecule has 2 fully saturated rings. The van der Waals surface area contributed by atoms with Gasteiger partial charge in [0, 0.05) is 31.6 Å². The van der Waals surface area contributed by atoms with E-state index in [4.69, 9.17) is 9.47 Å². The first-order valence-electron chi connectivity index (χ1n) is 7.22. The summed E-state index contributed by atoms with van der Waals surface area (Å²) in [5, 5.41) is 2.47. The molecule has 1 spiro atoms. The van der Waals surface area contributed by atoms with E-state index in [0.29, 0.717) is 44.8 Å². The summed E-state index contributed by atoms with van der Waals surface area (Å²) in [5.41, 5.74) is 0.385. The number of nitrogens with one attached hydrogen (secondary N) is 1. The Kier molecular flexibility index (Phi) is 4.08. The molecule has 22 heavy (non-hydrogen) atoms. The van der Waals surface area contributed by atoms with Crippen LogP contribution in [0.5, 0.6) is 0 Å². The number of benzene rings is 1. The number of piperidine rings is 1. The van der Waals surface area contributed by atoms with Gasteiger partial charge in [-0.05, 0) is 24.3 Å². The van der Waals surface area contributed by atoms with E-state index in [1.165, 1.54) is 29.2 Å². The lowest BCUT2D eigenvalue weighted by molar-refractivity contribution is -0.187. The Labute approximate surface area is 127 Å². The van der Waals surface area contributed by atoms with Crippen LogP contribution in [0.25, 0.3) is 0 Å². The van der Waals surface area contributed by atoms with Crippen molar-refractivity contribution in [1.29, 1.82) is 0 Å². The Morgan fingerprint density at radius 2 is 1.68 bits per heavy atom. The zero-order valence-corrected chi connectivity index (χ0v) is 12.0. The number of anilines is 1. The highest BCUT2D eigenvalue weighted by Gasteiger charge is 2.41. The molecule has 3 rings (SSSR count). The molecule has 2 heterocycles. The summed E-state index contributed by atoms with van der Waals surface area (Å²) >= 11 is 0. The van der Waals surface area contributed by atoms with E-state index in [0.717, 1.165) is 0 Å². The highest BCUT2D eigenvalue weighted by Crippen LogP contribution is 2.31. The van der Waals surface area contributed by atoms with Crippen LogP contribution in [-0.4, -0.2) is 48.8 Å². The molecule has 118 valence electrons. The van der Waals surface area contributed by atoms with Crippen molar-refractivity contribution in [2.75, 3.05) is 31.6 Å². The summed E-state index contributed by atoms with van der Waals surface area (Å²) in [6.07, 6.45) is 1.12. The quantitative estimate of drug-likeness (QED) is 0.790. The van der Waals surface area contributed by atoms with Gasteiger partial charge in [-0.1, -0.05) is 0 Å². The lowest BCUT2D eigenvalue weighted by Crippen LogP contribution is -2.50. The largest absolute Gasteiger partial charge is 0.347 e. The highest BCUT2D eigenvalue weighted by atomic mass is 19.1. The number of rotatable bonds is 1. The van der Waals surface area contributed by atoms with Crippen LogP contribution in [0.2, 0.25) is 0 Å². The van der Waals surface area contributed by atoms with Crippen LogP contribution >= 0.6 is 0 Å². The van der Waals surface area contributed by atoms with E-state index >= 15 is 0 Å². The minimum Gasteiger partial charge on any atom is -0.347 e. The van der Waals surface area contributed by atoms with Crippen LogP contribution in [-0.2, 0) is 19.1 Å². The van der Waals surface area contributed by atoms with E-state index in [9.17, 15) is 14.0 Å². The maximum absolute atomic E-state index is 12.8. The van der Waals surface area contributed by atoms with Crippen molar-refractivity contribution in [3.63, 3.8) is 0 Å². The number of hydrogen-bond acceptors (Lipinski definition) is 4. The van der Waals surface area contributed by atoms with E-state index in [1.807, 2.05) is 0 Å². The van der Waals surface area contributed by atoms with Gasteiger partial charge < -0.3 is 19.7 Å². The number of hydrogen-bond donors (Lipinski definition) is 1. The second kappa shape index (κ2) is 6.02. The Morgan fingerprint density at radius 1 is 1.09 bits per heavy atom. The summed E-state index contributed by atoms with van der Waals surface area (Å²) in [7, 11) is 0. The summed E-state index contributed by atoms with van der Waals surface area (Å²) in [4.78, 5) is 25.6. The number of amides is 2. The Bertz CT molecular complexity index is 559. The van der Waals surface area contributed by atoms with Gasteiger partial charge in [0.2, 0.25) is 0 Å². The maximum atomic E-state index is 12.8. The van der Waals surface area contributed by atoms with Crippen molar-refractivity contribution in [2.45, 2.75) is 18.6 Å². The van der Waals surface area contributed by atoms with Crippen molar-refractivity contribution >= 4 is 17.5 Å². The molecule has 2 aliphatic rings. The molecule has 6 nitrogen and oxygen atoms in total. The topological polar surface area (TPSA) is 67.9 Å². The molecule has 0 aliphatic carbocycles. The molecule has 1 aromatic carbocycles. The molecule has 1 aromatic rings. The molecular formula is C15H17FN2O4. The molecule has 2 saturated heterocycles. The molecule has 2 aliphatic heterocycles. The van der Waals surface area contributed by atoms with Gasteiger partial charge in [-0.2, -0.15) is 0 Å². The third-order valence-corrected chi connectivity index (χ3v) is 3.92. The zero-order valence-electron chi connectivity index (χ0n) is 12.0. The monoisotopic (exact) mass is 308 g/mol. The first-order chi connectivity index (χ1) is 10.6. The van der Waals surface area contributed by atoms with Gasteiger partial charge in [-0.3, -0.25) is 9.59 Å². The SMILES string of the molecule is O=C(Nc1ccc(F)cc1)C(=O)N1CCC2(CC1)OCCO2. The fraction of sp³-hybridized carbons (Fsp3) is 0.467. The average Bonchev–Trinajstić information content (AvgIpc) is 2.98. The van der Waals surface area contributed by atoms with Gasteiger partial charge in [0.1, 0.15) is 5.82 Å². The third kappa shape index (κ3) is 3.10. The predicted molar refractivity (Wildman–Crippen MR) is 75.5 cm³/mol. The van der Waals surface area contributed by atoms with Crippen LogP contribution in [0.4, 0.5) is 10.1 Å². The maximum Gasteiger partial charge on any atom is 0.313 e. The van der Waals surface area contributed by atoms with Crippen molar-refractivity contribution in [3.8, 4) is 0 Å². The van der Waals surface area contributed by atoms with Gasteiger partial charge in [0.15, 0.2) is 5.79 Å². The second-order valence-corrected chi connectivity index (χ2v) is 5.36. The normalized spacial score (nSPS) is 20.1. The number of halogens is 1. The number of likely N-dealkylation sites (tertiary alicyclic amines) is 1. The molecule has 0 unspecified atom stereocenters. The minimum atomic E-state index is -0.726. The highest BCUT2D eigenvalue weighted by molar-refractivity contribution is 6.39. The first-order valence-corrected chi connectivity index (χ1v) is 7.22. The molecule has 0 aromatic heterocycles. The van der Waals surface area contributed by atoms with Crippen LogP contribution < -0.4 is 5.32 Å². The third-order valence-electron chi connectivity index (χ3n) is 3.92. The Balaban J connectivity index is 1.55. The van der Waals surface area contributed by atoms with Crippen LogP contribution in [0.15, 0.2) is 24.3 Å². The lowest BCUT2D eigenvalue weighted by Gasteiger charge is -2.37. The Hall–Kier alpha value is -1.99. The molecule has 0 bridgehead atoms. The fourth-order valence-electron chi connectivity index (χ4n) is 2.70. The smallest absolute Gasteiger partial charge is 0.313 e. The average molecular weight is 308 g/mol. The van der Waals surface area contributed by atoms with Crippen molar-refractivity contribution in [1.82, 2.24) is 4.90 Å². The van der Waals surface area contributed by atoms with E-state index in [-0.39, 0.29) is 0 Å². The lowest BCUT2D eigenvalue weighted by atomic mass is 10.0. The van der Waals surface area contributed by atoms with Gasteiger partial charge >= 0.3 is 11.8 Å². The van der Waals surface area contributed by atoms with E-state index in [2.05, 4.69) is 5.32 Å². The molecule has 0 atom stereocenters. The van der Waals surface area contributed by atoms with Crippen molar-refractivity contribution in [3.05, 3.63) is 30.1 Å². The number of nitrogens with zero attached hydrogens (tertiary/aromatic N) is 1. The number of carbonyl (C=O) groups excluding carboxylic acids is 2. The van der Waals surface area contributed by atoms with Gasteiger partial charge in [0.25, 0.3) is 0 Å². The summed E-state index contributed by atoms with van der Waals surface area (Å²) in [6.45, 7) is 1.96. The minimum absolute atomic E-state index is 0.385. The van der Waals surface area contributed by atoms with Gasteiger partial charge in [-0.25, -0.2) is 4.39 Å². The van der Waals surface area contributed by atoms with Gasteiger partial charge in [-0.15, -0.1) is 0 Å². The van der Waals surface area contributed by atoms with E-state index in [1.54, 1.807) is 0 Å². The van der Waals surface area contributed by atoms with Crippen LogP contribution in [0.1, 0.15) is 12.8 Å². The number of carbonyl (C=O) groups is 2. The first kappa shape index (κ1) is 14.9. The Morgan fingerprint density at radius 3 is 2.27 bits per heavy atom. The van der Waals surface area contributed by atoms with Crippen LogP contribution in [0, 0.1) is 5.82 Å². The molecule has 0 radical (unpaired) electrons. The predicted octanol–water partition coefficient (Wildman–Crippen LogP) is 1.13. The molecule has 1 N–H and O–H groups in total. The van der Waals surface area contributed by atoms with Crippen molar-refractivity contribution in [2.24, 2.45) is 0 Å². The molecular weight excluding hydrogens is 291 g/mol. The number of ether oxygens (including phenoxy) is 2. The van der Waals surface area contributed by atoms with Gasteiger partial charge in [0.05, 0.1) is 13.2 Å². The molecule has 0 saturated carbocycles. The summed E-state index contributed by atoms with van der Waals surface area (Å²) < 4.78 is 24.0. The van der Waals surface area contributed by atoms with E-state index < -0.39 is 23.4 Å². The molecule has 2 amide bonds. The second-order valence-electron chi connectivity index (χ2n) is 5.36. The molecule has 7 heteroatoms. The zero-order chi connectivity index (χ0) is 15.6. The van der Waals surface area contributed by atoms with Crippen LogP contribution in [0.3, 0.4) is 0 Å². The summed E-state index contributed by atoms with van der Waals surface area (Å²) in [6, 6.07) is 5.26. The fourth-order valence-corrected chi connectivity index (χ4v) is 2.70. The van der Waals surface area contributed by atoms with Crippen molar-refractivity contribution < 1.29 is 23.5 Å². The summed E-state index contributed by atoms with van der Waals surface area (Å²) in [5.74, 6) is -2.31. The standard InChI is InChI=1S/C15H17FN2O4/c16-11-1-3-12(4-2-11)17-13(19)14(20)18-7-5-15(6-8-18)21-9-10-22-15/h1-4H,5-10H2,(H,17,19).